The van der Waals surface area contributed by atoms with Crippen LogP contribution < -0.4 is 6.15 Å². The van der Waals surface area contributed by atoms with Gasteiger partial charge in [0, 0.05) is 0 Å². The van der Waals surface area contributed by atoms with Crippen molar-refractivity contribution in [3.63, 3.8) is 0 Å². The van der Waals surface area contributed by atoms with E-state index in [4.69, 9.17) is 0 Å². The highest BCUT2D eigenvalue weighted by Gasteiger charge is 2.00. The maximum atomic E-state index is 2.20. The van der Waals surface area contributed by atoms with E-state index >= 15 is 0 Å². The Hall–Kier alpha value is -0.790. The summed E-state index contributed by atoms with van der Waals surface area (Å²) in [5.41, 5.74) is 2.84. The first-order chi connectivity index (χ1) is 4.47. The van der Waals surface area contributed by atoms with Gasteiger partial charge >= 0.3 is 0 Å². The second-order valence-electron chi connectivity index (χ2n) is 2.31. The number of fused-ring (bicyclic) bond motifs is 1. The van der Waals surface area contributed by atoms with E-state index in [0.717, 1.165) is 6.42 Å². The Morgan fingerprint density at radius 1 is 1.09 bits per heavy atom. The lowest BCUT2D eigenvalue weighted by Gasteiger charge is -1.93. The molecule has 0 spiro atoms. The van der Waals surface area contributed by atoms with Crippen LogP contribution in [0.5, 0.6) is 0 Å². The van der Waals surface area contributed by atoms with Crippen LogP contribution in [0.3, 0.4) is 0 Å². The largest absolute Gasteiger partial charge is 0.344 e. The van der Waals surface area contributed by atoms with Gasteiger partial charge in [-0.05, 0) is 17.5 Å². The second-order valence-corrected chi connectivity index (χ2v) is 2.31. The molecular formula is C9H12ClN. The molecule has 0 bridgehead atoms. The predicted molar refractivity (Wildman–Crippen MR) is 51.5 cm³/mol. The Labute approximate surface area is 73.1 Å². The number of hydrogen-bond donors (Lipinski definition) is 1. The first-order valence-corrected chi connectivity index (χ1v) is 3.21. The molecule has 1 aliphatic carbocycles. The minimum Gasteiger partial charge on any atom is -0.344 e. The Morgan fingerprint density at radius 3 is 2.55 bits per heavy atom. The van der Waals surface area contributed by atoms with E-state index in [0.29, 0.717) is 0 Å². The Bertz CT molecular complexity index is 255. The zero-order chi connectivity index (χ0) is 6.10. The lowest BCUT2D eigenvalue weighted by atomic mass is 10.1. The predicted octanol–water partition coefficient (Wildman–Crippen LogP) is 2.84. The Balaban J connectivity index is 0.000000500. The van der Waals surface area contributed by atoms with Crippen molar-refractivity contribution in [3.8, 4) is 0 Å². The minimum absolute atomic E-state index is 0. The van der Waals surface area contributed by atoms with Crippen LogP contribution in [0.1, 0.15) is 11.1 Å². The second kappa shape index (κ2) is 4.16. The molecule has 2 heteroatoms. The molecule has 0 aliphatic heterocycles. The molecule has 0 atom stereocenters. The molecule has 60 valence electrons. The third-order valence-corrected chi connectivity index (χ3v) is 1.69. The molecule has 0 fully saturated rings. The third kappa shape index (κ3) is 1.82. The quantitative estimate of drug-likeness (QED) is 0.637. The number of allylic oxidation sites excluding steroid dienone is 1. The summed E-state index contributed by atoms with van der Waals surface area (Å²) in [5.74, 6) is 0. The van der Waals surface area contributed by atoms with Crippen molar-refractivity contribution in [2.24, 2.45) is 0 Å². The molecule has 1 aromatic carbocycles. The number of halogens is 1. The van der Waals surface area contributed by atoms with Crippen molar-refractivity contribution in [3.05, 3.63) is 41.5 Å². The topological polar surface area (TPSA) is 35.0 Å². The standard InChI is InChI=1S/C9H8.ClH.H3N/c1-2-5-9-7-3-6-8(9)4-1;;/h1-6H,7H2;1H;1H3. The maximum Gasteiger partial charge on any atom is -0.00882 e. The molecule has 1 nitrogen and oxygen atoms in total. The normalized spacial score (nSPS) is 11.3. The number of benzene rings is 1. The highest BCUT2D eigenvalue weighted by molar-refractivity contribution is 5.85. The van der Waals surface area contributed by atoms with Crippen molar-refractivity contribution in [1.29, 1.82) is 0 Å². The van der Waals surface area contributed by atoms with Crippen LogP contribution in [0.2, 0.25) is 0 Å². The van der Waals surface area contributed by atoms with E-state index in [1.54, 1.807) is 0 Å². The van der Waals surface area contributed by atoms with E-state index in [2.05, 4.69) is 36.4 Å². The molecule has 0 radical (unpaired) electrons. The Morgan fingerprint density at radius 2 is 1.82 bits per heavy atom. The van der Waals surface area contributed by atoms with Crippen LogP contribution >= 0.6 is 12.4 Å². The van der Waals surface area contributed by atoms with Gasteiger partial charge in [0.2, 0.25) is 0 Å². The molecule has 11 heavy (non-hydrogen) atoms. The van der Waals surface area contributed by atoms with Crippen molar-refractivity contribution < 1.29 is 0 Å². The molecule has 0 saturated heterocycles. The molecule has 2 rings (SSSR count). The van der Waals surface area contributed by atoms with Gasteiger partial charge in [-0.2, -0.15) is 0 Å². The molecule has 0 heterocycles. The minimum atomic E-state index is 0. The van der Waals surface area contributed by atoms with Crippen LogP contribution in [0.15, 0.2) is 30.3 Å². The van der Waals surface area contributed by atoms with E-state index in [1.165, 1.54) is 11.1 Å². The van der Waals surface area contributed by atoms with Crippen molar-refractivity contribution in [1.82, 2.24) is 6.15 Å². The summed E-state index contributed by atoms with van der Waals surface area (Å²) >= 11 is 0. The van der Waals surface area contributed by atoms with Crippen molar-refractivity contribution >= 4 is 18.5 Å². The number of hydrogen-bond acceptors (Lipinski definition) is 1. The highest BCUT2D eigenvalue weighted by atomic mass is 35.5. The molecule has 3 N–H and O–H groups in total. The zero-order valence-electron chi connectivity index (χ0n) is 6.29. The van der Waals surface area contributed by atoms with Crippen LogP contribution in [0.4, 0.5) is 0 Å². The van der Waals surface area contributed by atoms with Gasteiger partial charge in [0.05, 0.1) is 0 Å². The first kappa shape index (κ1) is 10.2. The van der Waals surface area contributed by atoms with Gasteiger partial charge in [-0.1, -0.05) is 36.4 Å². The van der Waals surface area contributed by atoms with E-state index in [1.807, 2.05) is 0 Å². The maximum absolute atomic E-state index is 2.20. The summed E-state index contributed by atoms with van der Waals surface area (Å²) < 4.78 is 0. The van der Waals surface area contributed by atoms with Crippen LogP contribution in [0, 0.1) is 0 Å². The average molecular weight is 170 g/mol. The van der Waals surface area contributed by atoms with Crippen molar-refractivity contribution in [2.75, 3.05) is 0 Å². The summed E-state index contributed by atoms with van der Waals surface area (Å²) in [5, 5.41) is 0. The van der Waals surface area contributed by atoms with Crippen LogP contribution in [-0.2, 0) is 6.42 Å². The van der Waals surface area contributed by atoms with E-state index < -0.39 is 0 Å². The molecule has 0 aromatic heterocycles. The summed E-state index contributed by atoms with van der Waals surface area (Å²) in [6.07, 6.45) is 5.50. The fourth-order valence-electron chi connectivity index (χ4n) is 1.20. The Kier molecular flexibility index (Phi) is 3.86. The van der Waals surface area contributed by atoms with Gasteiger partial charge in [-0.15, -0.1) is 12.4 Å². The number of rotatable bonds is 0. The van der Waals surface area contributed by atoms with Gasteiger partial charge in [0.15, 0.2) is 0 Å². The van der Waals surface area contributed by atoms with Gasteiger partial charge in [0.1, 0.15) is 0 Å². The smallest absolute Gasteiger partial charge is 0.00882 e. The molecule has 0 saturated carbocycles. The monoisotopic (exact) mass is 169 g/mol. The molecule has 0 amide bonds. The van der Waals surface area contributed by atoms with E-state index in [-0.39, 0.29) is 18.6 Å². The third-order valence-electron chi connectivity index (χ3n) is 1.69. The fraction of sp³-hybridized carbons (Fsp3) is 0.111. The first-order valence-electron chi connectivity index (χ1n) is 3.21. The summed E-state index contributed by atoms with van der Waals surface area (Å²) in [6.45, 7) is 0. The summed E-state index contributed by atoms with van der Waals surface area (Å²) in [4.78, 5) is 0. The van der Waals surface area contributed by atoms with Crippen molar-refractivity contribution in [2.45, 2.75) is 6.42 Å². The lowest BCUT2D eigenvalue weighted by molar-refractivity contribution is 1.31. The molecule has 0 unspecified atom stereocenters. The van der Waals surface area contributed by atoms with Gasteiger partial charge in [-0.3, -0.25) is 0 Å². The summed E-state index contributed by atoms with van der Waals surface area (Å²) in [7, 11) is 0. The zero-order valence-corrected chi connectivity index (χ0v) is 7.10. The lowest BCUT2D eigenvalue weighted by Crippen LogP contribution is -1.76. The SMILES string of the molecule is C1=Cc2ccccc2C1.Cl.N. The fourth-order valence-corrected chi connectivity index (χ4v) is 1.20. The molecule has 1 aliphatic rings. The molecular weight excluding hydrogens is 158 g/mol. The molecule has 1 aromatic rings. The van der Waals surface area contributed by atoms with E-state index in [9.17, 15) is 0 Å². The van der Waals surface area contributed by atoms with Gasteiger partial charge in [-0.25, -0.2) is 0 Å². The van der Waals surface area contributed by atoms with Gasteiger partial charge in [0.25, 0.3) is 0 Å². The highest BCUT2D eigenvalue weighted by Crippen LogP contribution is 2.17. The van der Waals surface area contributed by atoms with Crippen LogP contribution in [-0.4, -0.2) is 0 Å². The average Bonchev–Trinajstić information content (AvgIpc) is 2.33. The summed E-state index contributed by atoms with van der Waals surface area (Å²) in [6, 6.07) is 8.49. The van der Waals surface area contributed by atoms with Crippen LogP contribution in [0.25, 0.3) is 6.08 Å². The van der Waals surface area contributed by atoms with Gasteiger partial charge < -0.3 is 6.15 Å².